The molecule has 0 bridgehead atoms. The van der Waals surface area contributed by atoms with Crippen molar-refractivity contribution in [1.82, 2.24) is 35.4 Å². The van der Waals surface area contributed by atoms with Gasteiger partial charge in [-0.1, -0.05) is 6.07 Å². The summed E-state index contributed by atoms with van der Waals surface area (Å²) < 4.78 is 6.64. The van der Waals surface area contributed by atoms with E-state index >= 15 is 0 Å². The third kappa shape index (κ3) is 4.27. The van der Waals surface area contributed by atoms with Crippen molar-refractivity contribution in [1.29, 1.82) is 0 Å². The van der Waals surface area contributed by atoms with Crippen molar-refractivity contribution in [2.45, 2.75) is 50.9 Å². The topological polar surface area (TPSA) is 135 Å². The van der Waals surface area contributed by atoms with Gasteiger partial charge in [0.25, 0.3) is 5.91 Å². The summed E-state index contributed by atoms with van der Waals surface area (Å²) in [5.41, 5.74) is 4.03. The van der Waals surface area contributed by atoms with Gasteiger partial charge in [0.2, 0.25) is 0 Å². The fourth-order valence-corrected chi connectivity index (χ4v) is 5.94. The second-order valence-corrected chi connectivity index (χ2v) is 10.3. The van der Waals surface area contributed by atoms with Crippen LogP contribution in [0.15, 0.2) is 36.8 Å². The number of pyridine rings is 1. The Morgan fingerprint density at radius 1 is 1.30 bits per heavy atom. The fourth-order valence-electron chi connectivity index (χ4n) is 5.94. The number of hydrogen-bond acceptors (Lipinski definition) is 9. The lowest BCUT2D eigenvalue weighted by Gasteiger charge is -2.47. The van der Waals surface area contributed by atoms with Gasteiger partial charge in [-0.25, -0.2) is 9.78 Å². The normalized spacial score (nSPS) is 21.2. The first-order valence-electron chi connectivity index (χ1n) is 12.7. The molecule has 3 aromatic rings. The van der Waals surface area contributed by atoms with E-state index in [1.54, 1.807) is 24.4 Å². The largest absolute Gasteiger partial charge is 0.457 e. The molecule has 11 nitrogen and oxygen atoms in total. The van der Waals surface area contributed by atoms with Crippen molar-refractivity contribution in [3.05, 3.63) is 64.7 Å². The Hall–Kier alpha value is -3.70. The van der Waals surface area contributed by atoms with Crippen molar-refractivity contribution in [3.63, 3.8) is 0 Å². The summed E-state index contributed by atoms with van der Waals surface area (Å²) in [5, 5.41) is 25.4. The van der Waals surface area contributed by atoms with E-state index in [0.717, 1.165) is 55.5 Å². The van der Waals surface area contributed by atoms with Gasteiger partial charge in [0.05, 0.1) is 23.6 Å². The molecular weight excluding hydrogens is 474 g/mol. The number of aliphatic hydroxyl groups is 1. The summed E-state index contributed by atoms with van der Waals surface area (Å²) >= 11 is 0. The number of esters is 1. The predicted molar refractivity (Wildman–Crippen MR) is 131 cm³/mol. The van der Waals surface area contributed by atoms with Crippen molar-refractivity contribution in [2.75, 3.05) is 19.6 Å². The Labute approximate surface area is 213 Å². The van der Waals surface area contributed by atoms with Crippen molar-refractivity contribution >= 4 is 11.9 Å². The van der Waals surface area contributed by atoms with Crippen LogP contribution in [-0.2, 0) is 11.3 Å². The van der Waals surface area contributed by atoms with Crippen molar-refractivity contribution in [3.8, 4) is 5.69 Å². The Kier molecular flexibility index (Phi) is 5.96. The van der Waals surface area contributed by atoms with Crippen LogP contribution in [0.2, 0.25) is 0 Å². The maximum Gasteiger partial charge on any atom is 0.338 e. The molecule has 192 valence electrons. The highest BCUT2D eigenvalue weighted by atomic mass is 16.5. The van der Waals surface area contributed by atoms with Crippen LogP contribution in [0.3, 0.4) is 0 Å². The van der Waals surface area contributed by atoms with Crippen LogP contribution in [0.25, 0.3) is 5.69 Å². The molecular formula is C26H29N7O4. The van der Waals surface area contributed by atoms with Gasteiger partial charge >= 0.3 is 5.97 Å². The number of benzene rings is 1. The lowest BCUT2D eigenvalue weighted by Crippen LogP contribution is -2.59. The van der Waals surface area contributed by atoms with Gasteiger partial charge in [-0.15, -0.1) is 5.10 Å². The monoisotopic (exact) mass is 503 g/mol. The van der Waals surface area contributed by atoms with Gasteiger partial charge in [0, 0.05) is 24.2 Å². The number of likely N-dealkylation sites (tertiary alicyclic amines) is 1. The van der Waals surface area contributed by atoms with Crippen LogP contribution in [-0.4, -0.2) is 72.2 Å². The number of rotatable bonds is 7. The highest BCUT2D eigenvalue weighted by Gasteiger charge is 2.47. The standard InChI is InChI=1S/C26H29N7O4/c1-16-19(4-5-20-21(16)14-37-25(20)36)23(34)13-32-10-7-17(12-32)26(8-2-9-26)29-24(35)22-6-3-18(11-27-22)33-15-28-30-31-33/h3-6,11,15,17,23,34H,2,7-10,12-14H2,1H3,(H,29,35)/t17?,23-/m0/s1. The zero-order valence-electron chi connectivity index (χ0n) is 20.6. The van der Waals surface area contributed by atoms with Gasteiger partial charge in [-0.2, -0.15) is 4.68 Å². The molecule has 1 amide bonds. The average Bonchev–Trinajstić information content (AvgIpc) is 3.64. The molecule has 3 aliphatic rings. The number of aliphatic hydroxyl groups excluding tert-OH is 1. The van der Waals surface area contributed by atoms with Crippen LogP contribution in [0, 0.1) is 12.8 Å². The number of nitrogens with zero attached hydrogens (tertiary/aromatic N) is 6. The number of β-amino-alcohol motifs (C(OH)–C–C–N with tert-alkyl or cyclic N) is 1. The maximum atomic E-state index is 13.1. The zero-order valence-corrected chi connectivity index (χ0v) is 20.6. The predicted octanol–water partition coefficient (Wildman–Crippen LogP) is 1.74. The van der Waals surface area contributed by atoms with E-state index in [4.69, 9.17) is 4.74 Å². The summed E-state index contributed by atoms with van der Waals surface area (Å²) in [6, 6.07) is 7.05. The van der Waals surface area contributed by atoms with E-state index in [0.29, 0.717) is 29.4 Å². The minimum Gasteiger partial charge on any atom is -0.457 e. The molecule has 1 aliphatic carbocycles. The minimum absolute atomic E-state index is 0.174. The van der Waals surface area contributed by atoms with E-state index in [1.807, 2.05) is 13.0 Å². The second-order valence-electron chi connectivity index (χ2n) is 10.3. The number of amides is 1. The molecule has 2 atom stereocenters. The number of tetrazole rings is 1. The molecule has 0 spiro atoms. The molecule has 1 saturated heterocycles. The second kappa shape index (κ2) is 9.31. The lowest BCUT2D eigenvalue weighted by atomic mass is 9.67. The van der Waals surface area contributed by atoms with Crippen molar-refractivity contribution in [2.24, 2.45) is 5.92 Å². The van der Waals surface area contributed by atoms with Gasteiger partial charge in [0.15, 0.2) is 0 Å². The van der Waals surface area contributed by atoms with Gasteiger partial charge in [-0.3, -0.25) is 4.79 Å². The summed E-state index contributed by atoms with van der Waals surface area (Å²) in [6.45, 7) is 4.39. The number of cyclic esters (lactones) is 1. The molecule has 0 radical (unpaired) electrons. The number of aromatic nitrogens is 5. The molecule has 2 N–H and O–H groups in total. The Balaban J connectivity index is 1.09. The van der Waals surface area contributed by atoms with Crippen LogP contribution in [0.1, 0.15) is 69.3 Å². The molecule has 6 rings (SSSR count). The SMILES string of the molecule is Cc1c([C@@H](O)CN2CCC(C3(NC(=O)c4ccc(-n5cnnn5)cn4)CCC3)C2)ccc2c1COC2=O. The molecule has 2 fully saturated rings. The summed E-state index contributed by atoms with van der Waals surface area (Å²) in [4.78, 5) is 31.5. The number of hydrogen-bond donors (Lipinski definition) is 2. The van der Waals surface area contributed by atoms with Crippen LogP contribution < -0.4 is 5.32 Å². The summed E-state index contributed by atoms with van der Waals surface area (Å²) in [5.74, 6) is -0.162. The Bertz CT molecular complexity index is 1320. The third-order valence-corrected chi connectivity index (χ3v) is 8.25. The Morgan fingerprint density at radius 3 is 2.86 bits per heavy atom. The zero-order chi connectivity index (χ0) is 25.6. The van der Waals surface area contributed by atoms with Crippen LogP contribution >= 0.6 is 0 Å². The molecule has 2 aliphatic heterocycles. The van der Waals surface area contributed by atoms with Gasteiger partial charge < -0.3 is 20.1 Å². The number of nitrogens with one attached hydrogen (secondary N) is 1. The Morgan fingerprint density at radius 2 is 2.16 bits per heavy atom. The highest BCUT2D eigenvalue weighted by molar-refractivity contribution is 5.94. The summed E-state index contributed by atoms with van der Waals surface area (Å²) in [7, 11) is 0. The van der Waals surface area contributed by atoms with E-state index in [-0.39, 0.29) is 24.0 Å². The van der Waals surface area contributed by atoms with Crippen LogP contribution in [0.5, 0.6) is 0 Å². The van der Waals surface area contributed by atoms with E-state index in [9.17, 15) is 14.7 Å². The third-order valence-electron chi connectivity index (χ3n) is 8.25. The van der Waals surface area contributed by atoms with Crippen LogP contribution in [0.4, 0.5) is 0 Å². The maximum absolute atomic E-state index is 13.1. The lowest BCUT2D eigenvalue weighted by molar-refractivity contribution is 0.0534. The highest BCUT2D eigenvalue weighted by Crippen LogP contribution is 2.43. The van der Waals surface area contributed by atoms with E-state index < -0.39 is 6.10 Å². The molecule has 11 heteroatoms. The number of carbonyl (C=O) groups is 2. The van der Waals surface area contributed by atoms with Gasteiger partial charge in [0.1, 0.15) is 18.6 Å². The number of carbonyl (C=O) groups excluding carboxylic acids is 2. The van der Waals surface area contributed by atoms with Gasteiger partial charge in [-0.05, 0) is 84.8 Å². The fraction of sp³-hybridized carbons (Fsp3) is 0.462. The number of ether oxygens (including phenoxy) is 1. The smallest absolute Gasteiger partial charge is 0.338 e. The molecule has 2 aromatic heterocycles. The quantitative estimate of drug-likeness (QED) is 0.462. The van der Waals surface area contributed by atoms with E-state index in [2.05, 4.69) is 30.7 Å². The van der Waals surface area contributed by atoms with E-state index in [1.165, 1.54) is 11.0 Å². The average molecular weight is 504 g/mol. The molecule has 37 heavy (non-hydrogen) atoms. The van der Waals surface area contributed by atoms with Crippen molar-refractivity contribution < 1.29 is 19.4 Å². The first-order valence-corrected chi connectivity index (χ1v) is 12.7. The minimum atomic E-state index is -0.658. The molecule has 1 unspecified atom stereocenters. The first-order chi connectivity index (χ1) is 17.9. The first kappa shape index (κ1) is 23.7. The summed E-state index contributed by atoms with van der Waals surface area (Å²) in [6.07, 6.45) is 6.34. The molecule has 1 aromatic carbocycles. The number of fused-ring (bicyclic) bond motifs is 1. The molecule has 1 saturated carbocycles. The molecule has 4 heterocycles.